The molecule has 0 aromatic heterocycles. The number of para-hydroxylation sites is 1. The molecule has 0 fully saturated rings. The van der Waals surface area contributed by atoms with Gasteiger partial charge in [0.1, 0.15) is 11.6 Å². The number of nitriles is 1. The third-order valence-electron chi connectivity index (χ3n) is 3.20. The van der Waals surface area contributed by atoms with Crippen LogP contribution in [0.2, 0.25) is 0 Å². The zero-order valence-electron chi connectivity index (χ0n) is 12.1. The highest BCUT2D eigenvalue weighted by atomic mass is 16.1. The average Bonchev–Trinajstić information content (AvgIpc) is 2.49. The molecule has 1 N–H and O–H groups in total. The van der Waals surface area contributed by atoms with Gasteiger partial charge < -0.3 is 5.32 Å². The molecule has 0 spiro atoms. The molecule has 3 heteroatoms. The summed E-state index contributed by atoms with van der Waals surface area (Å²) in [5.74, 6) is -0.390. The van der Waals surface area contributed by atoms with Crippen LogP contribution in [0.15, 0.2) is 54.1 Å². The summed E-state index contributed by atoms with van der Waals surface area (Å²) < 4.78 is 0. The van der Waals surface area contributed by atoms with E-state index in [1.807, 2.05) is 68.4 Å². The molecule has 0 saturated heterocycles. The Kier molecular flexibility index (Phi) is 4.53. The van der Waals surface area contributed by atoms with Gasteiger partial charge in [-0.15, -0.1) is 0 Å². The predicted octanol–water partition coefficient (Wildman–Crippen LogP) is 3.85. The van der Waals surface area contributed by atoms with Crippen molar-refractivity contribution in [1.82, 2.24) is 0 Å². The summed E-state index contributed by atoms with van der Waals surface area (Å²) in [5, 5.41) is 12.0. The molecule has 0 unspecified atom stereocenters. The number of anilines is 1. The zero-order valence-corrected chi connectivity index (χ0v) is 12.1. The number of hydrogen-bond donors (Lipinski definition) is 1. The smallest absolute Gasteiger partial charge is 0.266 e. The molecule has 21 heavy (non-hydrogen) atoms. The van der Waals surface area contributed by atoms with Crippen LogP contribution in [0.3, 0.4) is 0 Å². The minimum absolute atomic E-state index is 0.0869. The van der Waals surface area contributed by atoms with Crippen LogP contribution in [-0.2, 0) is 4.79 Å². The summed E-state index contributed by atoms with van der Waals surface area (Å²) in [4.78, 5) is 12.3. The Bertz CT molecular complexity index is 704. The first kappa shape index (κ1) is 14.5. The van der Waals surface area contributed by atoms with Crippen molar-refractivity contribution in [1.29, 1.82) is 5.26 Å². The number of rotatable bonds is 3. The van der Waals surface area contributed by atoms with Gasteiger partial charge in [0.05, 0.1) is 0 Å². The van der Waals surface area contributed by atoms with Gasteiger partial charge in [-0.3, -0.25) is 4.79 Å². The van der Waals surface area contributed by atoms with Crippen LogP contribution in [0.5, 0.6) is 0 Å². The van der Waals surface area contributed by atoms with Crippen molar-refractivity contribution < 1.29 is 4.79 Å². The Hall–Kier alpha value is -2.86. The highest BCUT2D eigenvalue weighted by molar-refractivity contribution is 6.10. The van der Waals surface area contributed by atoms with E-state index in [1.54, 1.807) is 6.08 Å². The number of aryl methyl sites for hydroxylation is 2. The predicted molar refractivity (Wildman–Crippen MR) is 84.6 cm³/mol. The highest BCUT2D eigenvalue weighted by Gasteiger charge is 2.12. The minimum Gasteiger partial charge on any atom is -0.321 e. The molecule has 0 aliphatic heterocycles. The molecule has 2 aromatic carbocycles. The van der Waals surface area contributed by atoms with Crippen molar-refractivity contribution in [2.24, 2.45) is 0 Å². The second-order valence-electron chi connectivity index (χ2n) is 4.80. The van der Waals surface area contributed by atoms with E-state index in [-0.39, 0.29) is 5.57 Å². The first-order chi connectivity index (χ1) is 10.1. The van der Waals surface area contributed by atoms with Crippen molar-refractivity contribution >= 4 is 17.7 Å². The average molecular weight is 276 g/mol. The van der Waals surface area contributed by atoms with Crippen LogP contribution in [-0.4, -0.2) is 5.91 Å². The summed E-state index contributed by atoms with van der Waals surface area (Å²) in [7, 11) is 0. The maximum Gasteiger partial charge on any atom is 0.266 e. The standard InChI is InChI=1S/C18H16N2O/c1-13-7-6-8-14(2)17(13)20-18(21)16(12-19)11-15-9-4-3-5-10-15/h3-11H,1-2H3,(H,20,21)/b16-11-. The Morgan fingerprint density at radius 3 is 2.24 bits per heavy atom. The summed E-state index contributed by atoms with van der Waals surface area (Å²) in [6, 6.07) is 17.1. The van der Waals surface area contributed by atoms with Crippen LogP contribution in [0.4, 0.5) is 5.69 Å². The second-order valence-corrected chi connectivity index (χ2v) is 4.80. The number of hydrogen-bond acceptors (Lipinski definition) is 2. The fourth-order valence-corrected chi connectivity index (χ4v) is 2.06. The number of amides is 1. The van der Waals surface area contributed by atoms with Crippen molar-refractivity contribution in [3.63, 3.8) is 0 Å². The fraction of sp³-hybridized carbons (Fsp3) is 0.111. The summed E-state index contributed by atoms with van der Waals surface area (Å²) in [6.45, 7) is 3.85. The third kappa shape index (κ3) is 3.58. The van der Waals surface area contributed by atoms with E-state index in [4.69, 9.17) is 0 Å². The van der Waals surface area contributed by atoms with E-state index in [9.17, 15) is 10.1 Å². The molecule has 0 bridgehead atoms. The van der Waals surface area contributed by atoms with E-state index in [0.717, 1.165) is 22.4 Å². The van der Waals surface area contributed by atoms with Crippen molar-refractivity contribution in [2.75, 3.05) is 5.32 Å². The van der Waals surface area contributed by atoms with E-state index < -0.39 is 5.91 Å². The molecule has 1 amide bonds. The first-order valence-corrected chi connectivity index (χ1v) is 6.66. The van der Waals surface area contributed by atoms with E-state index in [1.165, 1.54) is 0 Å². The van der Waals surface area contributed by atoms with Crippen molar-refractivity contribution in [3.05, 3.63) is 70.8 Å². The molecule has 2 aromatic rings. The Labute approximate surface area is 124 Å². The molecule has 0 atom stereocenters. The molecule has 3 nitrogen and oxygen atoms in total. The molecule has 0 radical (unpaired) electrons. The molecule has 0 aliphatic rings. The van der Waals surface area contributed by atoms with Gasteiger partial charge in [-0.1, -0.05) is 48.5 Å². The molecule has 2 rings (SSSR count). The van der Waals surface area contributed by atoms with Gasteiger partial charge in [0.2, 0.25) is 0 Å². The highest BCUT2D eigenvalue weighted by Crippen LogP contribution is 2.20. The van der Waals surface area contributed by atoms with E-state index >= 15 is 0 Å². The molecular formula is C18H16N2O. The summed E-state index contributed by atoms with van der Waals surface area (Å²) >= 11 is 0. The van der Waals surface area contributed by atoms with Gasteiger partial charge in [0, 0.05) is 5.69 Å². The first-order valence-electron chi connectivity index (χ1n) is 6.66. The van der Waals surface area contributed by atoms with Crippen LogP contribution in [0.25, 0.3) is 6.08 Å². The maximum atomic E-state index is 12.3. The van der Waals surface area contributed by atoms with Gasteiger partial charge in [-0.25, -0.2) is 0 Å². The molecule has 104 valence electrons. The lowest BCUT2D eigenvalue weighted by Gasteiger charge is -2.10. The fourth-order valence-electron chi connectivity index (χ4n) is 2.06. The minimum atomic E-state index is -0.390. The van der Waals surface area contributed by atoms with Gasteiger partial charge in [0.25, 0.3) is 5.91 Å². The van der Waals surface area contributed by atoms with Crippen LogP contribution in [0.1, 0.15) is 16.7 Å². The Morgan fingerprint density at radius 1 is 1.05 bits per heavy atom. The van der Waals surface area contributed by atoms with Gasteiger partial charge in [-0.05, 0) is 36.6 Å². The summed E-state index contributed by atoms with van der Waals surface area (Å²) in [5.41, 5.74) is 3.62. The second kappa shape index (κ2) is 6.53. The quantitative estimate of drug-likeness (QED) is 0.684. The number of carbonyl (C=O) groups is 1. The van der Waals surface area contributed by atoms with Crippen LogP contribution < -0.4 is 5.32 Å². The third-order valence-corrected chi connectivity index (χ3v) is 3.20. The Morgan fingerprint density at radius 2 is 1.67 bits per heavy atom. The van der Waals surface area contributed by atoms with Crippen LogP contribution in [0, 0.1) is 25.2 Å². The SMILES string of the molecule is Cc1cccc(C)c1NC(=O)/C(C#N)=C\c1ccccc1. The summed E-state index contributed by atoms with van der Waals surface area (Å²) in [6.07, 6.45) is 1.59. The van der Waals surface area contributed by atoms with E-state index in [2.05, 4.69) is 5.32 Å². The van der Waals surface area contributed by atoms with Gasteiger partial charge in [0.15, 0.2) is 0 Å². The number of benzene rings is 2. The molecule has 0 aliphatic carbocycles. The maximum absolute atomic E-state index is 12.3. The number of carbonyl (C=O) groups excluding carboxylic acids is 1. The van der Waals surface area contributed by atoms with Crippen molar-refractivity contribution in [3.8, 4) is 6.07 Å². The lowest BCUT2D eigenvalue weighted by atomic mass is 10.1. The lowest BCUT2D eigenvalue weighted by Crippen LogP contribution is -2.15. The van der Waals surface area contributed by atoms with Gasteiger partial charge >= 0.3 is 0 Å². The number of nitrogens with one attached hydrogen (secondary N) is 1. The van der Waals surface area contributed by atoms with Crippen LogP contribution >= 0.6 is 0 Å². The molecule has 0 heterocycles. The monoisotopic (exact) mass is 276 g/mol. The van der Waals surface area contributed by atoms with Crippen molar-refractivity contribution in [2.45, 2.75) is 13.8 Å². The number of nitrogens with zero attached hydrogens (tertiary/aromatic N) is 1. The lowest BCUT2D eigenvalue weighted by molar-refractivity contribution is -0.112. The largest absolute Gasteiger partial charge is 0.321 e. The van der Waals surface area contributed by atoms with Gasteiger partial charge in [-0.2, -0.15) is 5.26 Å². The zero-order chi connectivity index (χ0) is 15.2. The van der Waals surface area contributed by atoms with E-state index in [0.29, 0.717) is 0 Å². The Balaban J connectivity index is 2.27. The normalized spacial score (nSPS) is 10.8. The topological polar surface area (TPSA) is 52.9 Å². The molecule has 0 saturated carbocycles. The molecular weight excluding hydrogens is 260 g/mol.